The minimum Gasteiger partial charge on any atom is -0.385 e. The predicted molar refractivity (Wildman–Crippen MR) is 71.9 cm³/mol. The Balaban J connectivity index is 2.57. The number of hydrogen-bond acceptors (Lipinski definition) is 5. The number of unbranched alkanes of at least 4 members (excludes halogenated alkanes) is 2. The molecular formula is C14H28O5. The van der Waals surface area contributed by atoms with E-state index in [0.717, 1.165) is 25.7 Å². The van der Waals surface area contributed by atoms with E-state index in [1.165, 1.54) is 0 Å². The molecule has 1 aliphatic heterocycles. The third kappa shape index (κ3) is 5.00. The minimum atomic E-state index is -1.20. The largest absolute Gasteiger partial charge is 0.385 e. The Morgan fingerprint density at radius 3 is 2.00 bits per heavy atom. The van der Waals surface area contributed by atoms with Gasteiger partial charge in [-0.15, -0.1) is 0 Å². The van der Waals surface area contributed by atoms with E-state index in [1.54, 1.807) is 0 Å². The molecule has 0 aromatic carbocycles. The summed E-state index contributed by atoms with van der Waals surface area (Å²) in [6.07, 6.45) is 0.561. The van der Waals surface area contributed by atoms with Crippen LogP contribution in [-0.4, -0.2) is 54.1 Å². The highest BCUT2D eigenvalue weighted by Gasteiger charge is 2.44. The van der Waals surface area contributed by atoms with Crippen LogP contribution in [0.5, 0.6) is 0 Å². The third-order valence-corrected chi connectivity index (χ3v) is 3.39. The van der Waals surface area contributed by atoms with Gasteiger partial charge in [0.15, 0.2) is 6.29 Å². The van der Waals surface area contributed by atoms with Gasteiger partial charge in [-0.3, -0.25) is 0 Å². The molecule has 1 rings (SSSR count). The number of ether oxygens (including phenoxy) is 3. The fourth-order valence-corrected chi connectivity index (χ4v) is 2.15. The number of rotatable bonds is 8. The topological polar surface area (TPSA) is 68.2 Å². The van der Waals surface area contributed by atoms with Gasteiger partial charge >= 0.3 is 0 Å². The van der Waals surface area contributed by atoms with Crippen molar-refractivity contribution in [3.05, 3.63) is 0 Å². The fourth-order valence-electron chi connectivity index (χ4n) is 2.15. The van der Waals surface area contributed by atoms with Crippen molar-refractivity contribution in [1.82, 2.24) is 0 Å². The number of aliphatic hydroxyl groups is 2. The second-order valence-corrected chi connectivity index (χ2v) is 5.10. The lowest BCUT2D eigenvalue weighted by molar-refractivity contribution is -0.293. The van der Waals surface area contributed by atoms with Crippen molar-refractivity contribution in [2.75, 3.05) is 13.2 Å². The summed E-state index contributed by atoms with van der Waals surface area (Å²) in [7, 11) is 0. The summed E-state index contributed by atoms with van der Waals surface area (Å²) in [5, 5.41) is 19.7. The Morgan fingerprint density at radius 2 is 1.47 bits per heavy atom. The average Bonchev–Trinajstić information content (AvgIpc) is 2.38. The molecule has 5 nitrogen and oxygen atoms in total. The van der Waals surface area contributed by atoms with E-state index in [2.05, 4.69) is 13.8 Å². The highest BCUT2D eigenvalue weighted by atomic mass is 16.7. The average molecular weight is 276 g/mol. The van der Waals surface area contributed by atoms with Gasteiger partial charge in [0.25, 0.3) is 0 Å². The molecule has 0 radical (unpaired) electrons. The molecule has 19 heavy (non-hydrogen) atoms. The lowest BCUT2D eigenvalue weighted by atomic mass is 9.99. The van der Waals surface area contributed by atoms with Crippen molar-refractivity contribution >= 4 is 0 Å². The zero-order valence-electron chi connectivity index (χ0n) is 12.2. The van der Waals surface area contributed by atoms with Crippen LogP contribution in [0.25, 0.3) is 0 Å². The first kappa shape index (κ1) is 16.9. The first-order valence-corrected chi connectivity index (χ1v) is 7.36. The Morgan fingerprint density at radius 1 is 0.947 bits per heavy atom. The van der Waals surface area contributed by atoms with Crippen LogP contribution in [0.2, 0.25) is 0 Å². The Kier molecular flexibility index (Phi) is 7.87. The fraction of sp³-hybridized carbons (Fsp3) is 1.00. The zero-order valence-corrected chi connectivity index (χ0v) is 12.2. The van der Waals surface area contributed by atoms with Crippen LogP contribution in [0.4, 0.5) is 0 Å². The van der Waals surface area contributed by atoms with Crippen LogP contribution >= 0.6 is 0 Å². The first-order valence-electron chi connectivity index (χ1n) is 7.36. The summed E-state index contributed by atoms with van der Waals surface area (Å²) in [6.45, 7) is 7.19. The second kappa shape index (κ2) is 8.87. The van der Waals surface area contributed by atoms with Crippen LogP contribution in [0.3, 0.4) is 0 Å². The van der Waals surface area contributed by atoms with Crippen LogP contribution in [0.15, 0.2) is 0 Å². The summed E-state index contributed by atoms with van der Waals surface area (Å²) in [6, 6.07) is 0. The van der Waals surface area contributed by atoms with Crippen molar-refractivity contribution < 1.29 is 24.4 Å². The Bertz CT molecular complexity index is 236. The first-order chi connectivity index (χ1) is 9.11. The summed E-state index contributed by atoms with van der Waals surface area (Å²) in [5.41, 5.74) is 0. The third-order valence-electron chi connectivity index (χ3n) is 3.39. The van der Waals surface area contributed by atoms with Gasteiger partial charge in [0.2, 0.25) is 0 Å². The predicted octanol–water partition coefficient (Wildman–Crippen LogP) is 1.45. The van der Waals surface area contributed by atoms with Gasteiger partial charge in [-0.05, 0) is 19.8 Å². The lowest BCUT2D eigenvalue weighted by Crippen LogP contribution is -2.58. The summed E-state index contributed by atoms with van der Waals surface area (Å²) >= 11 is 0. The SMILES string of the molecule is CCCCOC1C(O)[C@H](O)OC(C)[C@@H]1OCCCC. The quantitative estimate of drug-likeness (QED) is 0.657. The second-order valence-electron chi connectivity index (χ2n) is 5.10. The molecule has 5 heteroatoms. The standard InChI is InChI=1S/C14H28O5/c1-4-6-8-17-12-10(3)19-14(16)11(15)13(12)18-9-7-5-2/h10-16H,4-9H2,1-3H3/t10?,11?,12-,13?,14+/m0/s1. The molecule has 1 saturated heterocycles. The smallest absolute Gasteiger partial charge is 0.183 e. The van der Waals surface area contributed by atoms with Crippen LogP contribution < -0.4 is 0 Å². The van der Waals surface area contributed by atoms with Crippen LogP contribution in [-0.2, 0) is 14.2 Å². The Hall–Kier alpha value is -0.200. The molecule has 0 aliphatic carbocycles. The van der Waals surface area contributed by atoms with Gasteiger partial charge in [-0.2, -0.15) is 0 Å². The molecule has 1 heterocycles. The maximum Gasteiger partial charge on any atom is 0.183 e. The summed E-state index contributed by atoms with van der Waals surface area (Å²) < 4.78 is 16.8. The van der Waals surface area contributed by atoms with E-state index < -0.39 is 18.5 Å². The zero-order chi connectivity index (χ0) is 14.3. The van der Waals surface area contributed by atoms with Gasteiger partial charge in [-0.1, -0.05) is 26.7 Å². The molecule has 114 valence electrons. The minimum absolute atomic E-state index is 0.290. The highest BCUT2D eigenvalue weighted by Crippen LogP contribution is 2.25. The van der Waals surface area contributed by atoms with Crippen molar-refractivity contribution in [1.29, 1.82) is 0 Å². The van der Waals surface area contributed by atoms with Gasteiger partial charge < -0.3 is 24.4 Å². The van der Waals surface area contributed by atoms with E-state index in [4.69, 9.17) is 14.2 Å². The summed E-state index contributed by atoms with van der Waals surface area (Å²) in [4.78, 5) is 0. The Labute approximate surface area is 115 Å². The van der Waals surface area contributed by atoms with Crippen LogP contribution in [0, 0.1) is 0 Å². The molecule has 0 aromatic rings. The monoisotopic (exact) mass is 276 g/mol. The number of hydrogen-bond donors (Lipinski definition) is 2. The molecule has 2 N–H and O–H groups in total. The van der Waals surface area contributed by atoms with E-state index in [0.29, 0.717) is 13.2 Å². The van der Waals surface area contributed by atoms with E-state index >= 15 is 0 Å². The molecule has 3 unspecified atom stereocenters. The molecular weight excluding hydrogens is 248 g/mol. The van der Waals surface area contributed by atoms with Gasteiger partial charge in [0, 0.05) is 13.2 Å². The molecule has 0 spiro atoms. The molecule has 1 fully saturated rings. The maximum atomic E-state index is 10.0. The molecule has 0 saturated carbocycles. The summed E-state index contributed by atoms with van der Waals surface area (Å²) in [5.74, 6) is 0. The van der Waals surface area contributed by atoms with Crippen LogP contribution in [0.1, 0.15) is 46.5 Å². The van der Waals surface area contributed by atoms with Crippen molar-refractivity contribution in [3.63, 3.8) is 0 Å². The van der Waals surface area contributed by atoms with E-state index in [9.17, 15) is 10.2 Å². The van der Waals surface area contributed by atoms with Gasteiger partial charge in [0.1, 0.15) is 18.3 Å². The van der Waals surface area contributed by atoms with E-state index in [1.807, 2.05) is 6.92 Å². The lowest BCUT2D eigenvalue weighted by Gasteiger charge is -2.41. The van der Waals surface area contributed by atoms with Gasteiger partial charge in [-0.25, -0.2) is 0 Å². The van der Waals surface area contributed by atoms with Gasteiger partial charge in [0.05, 0.1) is 6.10 Å². The van der Waals surface area contributed by atoms with Crippen molar-refractivity contribution in [2.45, 2.75) is 77.2 Å². The van der Waals surface area contributed by atoms with E-state index in [-0.39, 0.29) is 12.2 Å². The van der Waals surface area contributed by atoms with Crippen molar-refractivity contribution in [3.8, 4) is 0 Å². The highest BCUT2D eigenvalue weighted by molar-refractivity contribution is 4.89. The normalized spacial score (nSPS) is 35.5. The maximum absolute atomic E-state index is 10.0. The molecule has 0 aromatic heterocycles. The molecule has 0 bridgehead atoms. The molecule has 5 atom stereocenters. The molecule has 1 aliphatic rings. The van der Waals surface area contributed by atoms with Crippen molar-refractivity contribution in [2.24, 2.45) is 0 Å². The molecule has 0 amide bonds. The number of aliphatic hydroxyl groups excluding tert-OH is 2.